The highest BCUT2D eigenvalue weighted by molar-refractivity contribution is 6.41. The van der Waals surface area contributed by atoms with E-state index in [9.17, 15) is 9.59 Å². The van der Waals surface area contributed by atoms with Crippen LogP contribution in [0.2, 0.25) is 10.2 Å². The van der Waals surface area contributed by atoms with Gasteiger partial charge in [0.2, 0.25) is 0 Å². The van der Waals surface area contributed by atoms with Crippen LogP contribution in [-0.2, 0) is 16.0 Å². The molecule has 2 heterocycles. The van der Waals surface area contributed by atoms with Crippen molar-refractivity contribution in [2.45, 2.75) is 12.5 Å². The fraction of sp³-hybridized carbons (Fsp3) is 0.167. The van der Waals surface area contributed by atoms with Gasteiger partial charge in [0, 0.05) is 29.7 Å². The smallest absolute Gasteiger partial charge is 0.328 e. The number of para-hydroxylation sites is 1. The molecule has 3 rings (SSSR count). The summed E-state index contributed by atoms with van der Waals surface area (Å²) in [6, 6.07) is 8.24. The van der Waals surface area contributed by atoms with Crippen LogP contribution in [-0.4, -0.2) is 35.0 Å². The number of carbonyl (C=O) groups excluding carboxylic acids is 2. The third kappa shape index (κ3) is 3.81. The van der Waals surface area contributed by atoms with Crippen molar-refractivity contribution in [1.29, 1.82) is 0 Å². The number of hydrogen-bond donors (Lipinski definition) is 2. The van der Waals surface area contributed by atoms with Gasteiger partial charge in [-0.15, -0.1) is 0 Å². The number of carbonyl (C=O) groups is 2. The number of aromatic amines is 1. The summed E-state index contributed by atoms with van der Waals surface area (Å²) in [6.45, 7) is 0. The Morgan fingerprint density at radius 3 is 2.81 bits per heavy atom. The summed E-state index contributed by atoms with van der Waals surface area (Å²) in [5, 5.41) is 3.90. The molecule has 0 aliphatic heterocycles. The molecular weight excluding hydrogens is 377 g/mol. The van der Waals surface area contributed by atoms with Crippen molar-refractivity contribution < 1.29 is 14.3 Å². The fourth-order valence-corrected chi connectivity index (χ4v) is 2.91. The normalized spacial score (nSPS) is 12.0. The van der Waals surface area contributed by atoms with Crippen molar-refractivity contribution in [1.82, 2.24) is 15.3 Å². The predicted molar refractivity (Wildman–Crippen MR) is 99.5 cm³/mol. The lowest BCUT2D eigenvalue weighted by atomic mass is 10.0. The Labute approximate surface area is 159 Å². The minimum atomic E-state index is -0.860. The first kappa shape index (κ1) is 18.2. The van der Waals surface area contributed by atoms with Crippen LogP contribution in [0.3, 0.4) is 0 Å². The van der Waals surface area contributed by atoms with Crippen LogP contribution in [0.4, 0.5) is 0 Å². The van der Waals surface area contributed by atoms with E-state index < -0.39 is 17.9 Å². The lowest BCUT2D eigenvalue weighted by molar-refractivity contribution is -0.142. The molecule has 0 radical (unpaired) electrons. The van der Waals surface area contributed by atoms with Gasteiger partial charge in [0.25, 0.3) is 5.91 Å². The topological polar surface area (TPSA) is 84.1 Å². The number of pyridine rings is 1. The molecule has 3 aromatic rings. The molecule has 2 N–H and O–H groups in total. The van der Waals surface area contributed by atoms with E-state index in [2.05, 4.69) is 15.3 Å². The Kier molecular flexibility index (Phi) is 5.44. The second kappa shape index (κ2) is 7.76. The molecular formula is C18H15Cl2N3O3. The molecule has 8 heteroatoms. The number of halogens is 2. The summed E-state index contributed by atoms with van der Waals surface area (Å²) in [6.07, 6.45) is 3.38. The zero-order valence-electron chi connectivity index (χ0n) is 13.8. The Morgan fingerprint density at radius 2 is 2.08 bits per heavy atom. The van der Waals surface area contributed by atoms with Crippen LogP contribution in [0.25, 0.3) is 10.9 Å². The van der Waals surface area contributed by atoms with Gasteiger partial charge in [-0.1, -0.05) is 41.4 Å². The molecule has 0 aliphatic carbocycles. The van der Waals surface area contributed by atoms with E-state index in [1.807, 2.05) is 30.5 Å². The highest BCUT2D eigenvalue weighted by Crippen LogP contribution is 2.21. The predicted octanol–water partition coefficient (Wildman–Crippen LogP) is 3.38. The number of rotatable bonds is 5. The summed E-state index contributed by atoms with van der Waals surface area (Å²) in [7, 11) is 1.28. The van der Waals surface area contributed by atoms with Crippen LogP contribution < -0.4 is 5.32 Å². The van der Waals surface area contributed by atoms with Crippen molar-refractivity contribution in [3.63, 3.8) is 0 Å². The van der Waals surface area contributed by atoms with Crippen LogP contribution in [0.1, 0.15) is 15.9 Å². The minimum absolute atomic E-state index is 0.103. The van der Waals surface area contributed by atoms with Crippen LogP contribution in [0, 0.1) is 0 Å². The third-order valence-electron chi connectivity index (χ3n) is 3.95. The van der Waals surface area contributed by atoms with Crippen molar-refractivity contribution in [2.75, 3.05) is 7.11 Å². The van der Waals surface area contributed by atoms with Crippen molar-refractivity contribution >= 4 is 46.0 Å². The van der Waals surface area contributed by atoms with E-state index >= 15 is 0 Å². The second-order valence-electron chi connectivity index (χ2n) is 5.61. The molecule has 6 nitrogen and oxygen atoms in total. The molecule has 134 valence electrons. The maximum atomic E-state index is 12.5. The van der Waals surface area contributed by atoms with Crippen LogP contribution in [0.15, 0.2) is 42.7 Å². The summed E-state index contributed by atoms with van der Waals surface area (Å²) in [5.41, 5.74) is 2.04. The molecule has 2 aromatic heterocycles. The SMILES string of the molecule is COC(=O)[C@@H](Cc1c[nH]c2ccccc12)NC(=O)c1cnc(Cl)c(Cl)c1. The molecule has 1 amide bonds. The first-order valence-electron chi connectivity index (χ1n) is 7.74. The van der Waals surface area contributed by atoms with Gasteiger partial charge in [-0.2, -0.15) is 0 Å². The van der Waals surface area contributed by atoms with Crippen molar-refractivity contribution in [3.05, 3.63) is 64.0 Å². The molecule has 0 saturated heterocycles. The number of esters is 1. The summed E-state index contributed by atoms with van der Waals surface area (Å²) in [4.78, 5) is 31.6. The second-order valence-corrected chi connectivity index (χ2v) is 6.37. The number of nitrogens with zero attached hydrogens (tertiary/aromatic N) is 1. The number of methoxy groups -OCH3 is 1. The number of hydrogen-bond acceptors (Lipinski definition) is 4. The molecule has 0 aliphatic rings. The zero-order chi connectivity index (χ0) is 18.7. The van der Waals surface area contributed by atoms with Gasteiger partial charge in [0.1, 0.15) is 11.2 Å². The van der Waals surface area contributed by atoms with Gasteiger partial charge in [-0.25, -0.2) is 9.78 Å². The number of nitrogens with one attached hydrogen (secondary N) is 2. The molecule has 1 aromatic carbocycles. The monoisotopic (exact) mass is 391 g/mol. The summed E-state index contributed by atoms with van der Waals surface area (Å²) >= 11 is 11.7. The summed E-state index contributed by atoms with van der Waals surface area (Å²) < 4.78 is 4.83. The van der Waals surface area contributed by atoms with E-state index in [1.165, 1.54) is 19.4 Å². The van der Waals surface area contributed by atoms with E-state index in [-0.39, 0.29) is 22.2 Å². The molecule has 0 bridgehead atoms. The molecule has 0 fully saturated rings. The molecule has 0 saturated carbocycles. The molecule has 0 unspecified atom stereocenters. The average Bonchev–Trinajstić information content (AvgIpc) is 3.05. The first-order valence-corrected chi connectivity index (χ1v) is 8.50. The van der Waals surface area contributed by atoms with Crippen LogP contribution >= 0.6 is 23.2 Å². The van der Waals surface area contributed by atoms with E-state index in [4.69, 9.17) is 27.9 Å². The minimum Gasteiger partial charge on any atom is -0.467 e. The Morgan fingerprint density at radius 1 is 1.31 bits per heavy atom. The first-order chi connectivity index (χ1) is 12.5. The van der Waals surface area contributed by atoms with Crippen molar-refractivity contribution in [2.24, 2.45) is 0 Å². The maximum Gasteiger partial charge on any atom is 0.328 e. The average molecular weight is 392 g/mol. The Balaban J connectivity index is 1.83. The maximum absolute atomic E-state index is 12.5. The van der Waals surface area contributed by atoms with Gasteiger partial charge < -0.3 is 15.0 Å². The highest BCUT2D eigenvalue weighted by atomic mass is 35.5. The van der Waals surface area contributed by atoms with Gasteiger partial charge in [0.05, 0.1) is 17.7 Å². The Hall–Kier alpha value is -2.57. The Bertz CT molecular complexity index is 971. The number of benzene rings is 1. The number of fused-ring (bicyclic) bond motifs is 1. The van der Waals surface area contributed by atoms with Gasteiger partial charge in [-0.05, 0) is 17.7 Å². The zero-order valence-corrected chi connectivity index (χ0v) is 15.3. The van der Waals surface area contributed by atoms with Crippen LogP contribution in [0.5, 0.6) is 0 Å². The quantitative estimate of drug-likeness (QED) is 0.515. The fourth-order valence-electron chi connectivity index (χ4n) is 2.64. The highest BCUT2D eigenvalue weighted by Gasteiger charge is 2.24. The lowest BCUT2D eigenvalue weighted by Crippen LogP contribution is -2.43. The van der Waals surface area contributed by atoms with Gasteiger partial charge in [-0.3, -0.25) is 4.79 Å². The van der Waals surface area contributed by atoms with Crippen molar-refractivity contribution in [3.8, 4) is 0 Å². The van der Waals surface area contributed by atoms with E-state index in [0.717, 1.165) is 16.5 Å². The standard InChI is InChI=1S/C18H15Cl2N3O3/c1-26-18(25)15(7-10-8-21-14-5-3-2-4-12(10)14)23-17(24)11-6-13(19)16(20)22-9-11/h2-6,8-9,15,21H,7H2,1H3,(H,23,24)/t15-/m1/s1. The third-order valence-corrected chi connectivity index (χ3v) is 4.63. The van der Waals surface area contributed by atoms with E-state index in [1.54, 1.807) is 0 Å². The van der Waals surface area contributed by atoms with Gasteiger partial charge >= 0.3 is 5.97 Å². The molecule has 1 atom stereocenters. The van der Waals surface area contributed by atoms with E-state index in [0.29, 0.717) is 0 Å². The number of ether oxygens (including phenoxy) is 1. The number of H-pyrrole nitrogens is 1. The molecule has 0 spiro atoms. The lowest BCUT2D eigenvalue weighted by Gasteiger charge is -2.16. The largest absolute Gasteiger partial charge is 0.467 e. The number of aromatic nitrogens is 2. The number of amides is 1. The van der Waals surface area contributed by atoms with Gasteiger partial charge in [0.15, 0.2) is 0 Å². The molecule has 26 heavy (non-hydrogen) atoms. The summed E-state index contributed by atoms with van der Waals surface area (Å²) in [5.74, 6) is -1.04.